The molecule has 0 aliphatic heterocycles. The molecule has 0 aromatic carbocycles. The summed E-state index contributed by atoms with van der Waals surface area (Å²) in [7, 11) is 0. The molecular weight excluding hydrogens is 230 g/mol. The van der Waals surface area contributed by atoms with E-state index in [0.717, 1.165) is 12.1 Å². The van der Waals surface area contributed by atoms with E-state index in [4.69, 9.17) is 4.74 Å². The van der Waals surface area contributed by atoms with Gasteiger partial charge in [-0.05, 0) is 19.8 Å². The smallest absolute Gasteiger partial charge is 0.323 e. The summed E-state index contributed by atoms with van der Waals surface area (Å²) in [6, 6.07) is -0.269. The van der Waals surface area contributed by atoms with Crippen LogP contribution in [0.3, 0.4) is 0 Å². The van der Waals surface area contributed by atoms with Gasteiger partial charge >= 0.3 is 5.97 Å². The predicted octanol–water partition coefficient (Wildman–Crippen LogP) is 1.58. The zero-order valence-electron chi connectivity index (χ0n) is 11.6. The van der Waals surface area contributed by atoms with Gasteiger partial charge in [0, 0.05) is 24.8 Å². The van der Waals surface area contributed by atoms with E-state index in [1.54, 1.807) is 0 Å². The first-order valence-corrected chi connectivity index (χ1v) is 6.49. The Morgan fingerprint density at radius 3 is 2.72 bits per heavy atom. The standard InChI is InChI=1S/C13H23N3O2/c1-5-16-9-11(8-15-16)7-14-12(10(3)4)13(17)18-6-2/h8-10,12,14H,5-7H2,1-4H3. The van der Waals surface area contributed by atoms with Crippen molar-refractivity contribution in [2.45, 2.75) is 46.8 Å². The zero-order chi connectivity index (χ0) is 13.5. The highest BCUT2D eigenvalue weighted by atomic mass is 16.5. The minimum Gasteiger partial charge on any atom is -0.465 e. The minimum absolute atomic E-state index is 0.185. The highest BCUT2D eigenvalue weighted by Gasteiger charge is 2.22. The monoisotopic (exact) mass is 253 g/mol. The van der Waals surface area contributed by atoms with Crippen molar-refractivity contribution in [1.29, 1.82) is 0 Å². The number of rotatable bonds is 7. The summed E-state index contributed by atoms with van der Waals surface area (Å²) in [6.07, 6.45) is 3.80. The van der Waals surface area contributed by atoms with E-state index in [9.17, 15) is 4.79 Å². The number of nitrogens with one attached hydrogen (secondary N) is 1. The van der Waals surface area contributed by atoms with Crippen LogP contribution in [0.25, 0.3) is 0 Å². The molecule has 0 bridgehead atoms. The number of hydrogen-bond donors (Lipinski definition) is 1. The van der Waals surface area contributed by atoms with E-state index in [2.05, 4.69) is 10.4 Å². The van der Waals surface area contributed by atoms with Crippen molar-refractivity contribution in [3.63, 3.8) is 0 Å². The van der Waals surface area contributed by atoms with Crippen molar-refractivity contribution in [3.05, 3.63) is 18.0 Å². The number of aromatic nitrogens is 2. The second kappa shape index (κ2) is 7.16. The number of carbonyl (C=O) groups excluding carboxylic acids is 1. The molecule has 1 heterocycles. The van der Waals surface area contributed by atoms with E-state index in [0.29, 0.717) is 13.2 Å². The SMILES string of the molecule is CCOC(=O)C(NCc1cnn(CC)c1)C(C)C. The van der Waals surface area contributed by atoms with Crippen molar-refractivity contribution in [1.82, 2.24) is 15.1 Å². The second-order valence-electron chi connectivity index (χ2n) is 4.56. The van der Waals surface area contributed by atoms with Crippen LogP contribution < -0.4 is 5.32 Å². The fourth-order valence-electron chi connectivity index (χ4n) is 1.72. The molecule has 18 heavy (non-hydrogen) atoms. The molecule has 1 rings (SSSR count). The summed E-state index contributed by atoms with van der Waals surface area (Å²) in [4.78, 5) is 11.8. The number of nitrogens with zero attached hydrogens (tertiary/aromatic N) is 2. The van der Waals surface area contributed by atoms with Crippen molar-refractivity contribution < 1.29 is 9.53 Å². The van der Waals surface area contributed by atoms with E-state index in [1.807, 2.05) is 44.8 Å². The van der Waals surface area contributed by atoms with E-state index in [1.165, 1.54) is 0 Å². The highest BCUT2D eigenvalue weighted by Crippen LogP contribution is 2.06. The lowest BCUT2D eigenvalue weighted by Crippen LogP contribution is -2.41. The molecule has 1 aromatic rings. The van der Waals surface area contributed by atoms with Gasteiger partial charge in [-0.15, -0.1) is 0 Å². The average Bonchev–Trinajstić information content (AvgIpc) is 2.77. The van der Waals surface area contributed by atoms with Crippen LogP contribution in [0.1, 0.15) is 33.3 Å². The highest BCUT2D eigenvalue weighted by molar-refractivity contribution is 5.76. The molecule has 102 valence electrons. The molecule has 1 atom stereocenters. The van der Waals surface area contributed by atoms with E-state index < -0.39 is 0 Å². The Hall–Kier alpha value is -1.36. The largest absolute Gasteiger partial charge is 0.465 e. The molecule has 0 spiro atoms. The first-order valence-electron chi connectivity index (χ1n) is 6.49. The quantitative estimate of drug-likeness (QED) is 0.750. The van der Waals surface area contributed by atoms with Crippen LogP contribution in [0, 0.1) is 5.92 Å². The van der Waals surface area contributed by atoms with Gasteiger partial charge in [-0.3, -0.25) is 14.8 Å². The molecule has 1 unspecified atom stereocenters. The van der Waals surface area contributed by atoms with Crippen LogP contribution in [0.5, 0.6) is 0 Å². The third-order valence-corrected chi connectivity index (χ3v) is 2.74. The van der Waals surface area contributed by atoms with Gasteiger partial charge in [-0.2, -0.15) is 5.10 Å². The second-order valence-corrected chi connectivity index (χ2v) is 4.56. The zero-order valence-corrected chi connectivity index (χ0v) is 11.6. The molecule has 1 aromatic heterocycles. The summed E-state index contributed by atoms with van der Waals surface area (Å²) in [5.41, 5.74) is 1.08. The van der Waals surface area contributed by atoms with Crippen molar-refractivity contribution in [2.24, 2.45) is 5.92 Å². The summed E-state index contributed by atoms with van der Waals surface area (Å²) in [6.45, 7) is 9.76. The summed E-state index contributed by atoms with van der Waals surface area (Å²) in [5.74, 6) is 0.0145. The Kier molecular flexibility index (Phi) is 5.85. The Balaban J connectivity index is 2.54. The molecule has 0 fully saturated rings. The maximum atomic E-state index is 11.8. The van der Waals surface area contributed by atoms with Crippen LogP contribution >= 0.6 is 0 Å². The first-order chi connectivity index (χ1) is 8.58. The summed E-state index contributed by atoms with van der Waals surface area (Å²) in [5, 5.41) is 7.43. The lowest BCUT2D eigenvalue weighted by molar-refractivity contribution is -0.146. The normalized spacial score (nSPS) is 12.7. The Bertz CT molecular complexity index is 374. The number of carbonyl (C=O) groups is 1. The number of hydrogen-bond acceptors (Lipinski definition) is 4. The van der Waals surface area contributed by atoms with Crippen LogP contribution in [-0.2, 0) is 22.6 Å². The fourth-order valence-corrected chi connectivity index (χ4v) is 1.72. The summed E-state index contributed by atoms with van der Waals surface area (Å²) < 4.78 is 6.92. The first kappa shape index (κ1) is 14.7. The molecule has 5 heteroatoms. The van der Waals surface area contributed by atoms with Gasteiger partial charge in [0.05, 0.1) is 12.8 Å². The third kappa shape index (κ3) is 4.14. The Morgan fingerprint density at radius 2 is 2.22 bits per heavy atom. The van der Waals surface area contributed by atoms with Crippen molar-refractivity contribution in [3.8, 4) is 0 Å². The molecule has 0 aliphatic rings. The molecular formula is C13H23N3O2. The molecule has 0 radical (unpaired) electrons. The van der Waals surface area contributed by atoms with Crippen molar-refractivity contribution >= 4 is 5.97 Å². The Labute approximate surface area is 109 Å². The fraction of sp³-hybridized carbons (Fsp3) is 0.692. The van der Waals surface area contributed by atoms with Gasteiger partial charge in [0.2, 0.25) is 0 Å². The summed E-state index contributed by atoms with van der Waals surface area (Å²) >= 11 is 0. The number of ether oxygens (including phenoxy) is 1. The van der Waals surface area contributed by atoms with Crippen LogP contribution in [0.2, 0.25) is 0 Å². The van der Waals surface area contributed by atoms with Gasteiger partial charge in [-0.1, -0.05) is 13.8 Å². The van der Waals surface area contributed by atoms with Gasteiger partial charge in [0.15, 0.2) is 0 Å². The van der Waals surface area contributed by atoms with Gasteiger partial charge < -0.3 is 4.74 Å². The van der Waals surface area contributed by atoms with Crippen molar-refractivity contribution in [2.75, 3.05) is 6.61 Å². The van der Waals surface area contributed by atoms with Gasteiger partial charge in [0.1, 0.15) is 6.04 Å². The van der Waals surface area contributed by atoms with Crippen LogP contribution in [0.15, 0.2) is 12.4 Å². The molecule has 1 N–H and O–H groups in total. The molecule has 0 amide bonds. The van der Waals surface area contributed by atoms with Crippen LogP contribution in [-0.4, -0.2) is 28.4 Å². The molecule has 5 nitrogen and oxygen atoms in total. The predicted molar refractivity (Wildman–Crippen MR) is 70.0 cm³/mol. The number of aryl methyl sites for hydroxylation is 1. The molecule has 0 saturated carbocycles. The topological polar surface area (TPSA) is 56.1 Å². The van der Waals surface area contributed by atoms with Crippen LogP contribution in [0.4, 0.5) is 0 Å². The van der Waals surface area contributed by atoms with E-state index in [-0.39, 0.29) is 17.9 Å². The number of esters is 1. The minimum atomic E-state index is -0.269. The maximum absolute atomic E-state index is 11.8. The average molecular weight is 253 g/mol. The van der Waals surface area contributed by atoms with Gasteiger partial charge in [-0.25, -0.2) is 0 Å². The van der Waals surface area contributed by atoms with E-state index >= 15 is 0 Å². The third-order valence-electron chi connectivity index (χ3n) is 2.74. The lowest BCUT2D eigenvalue weighted by atomic mass is 10.0. The Morgan fingerprint density at radius 1 is 1.50 bits per heavy atom. The maximum Gasteiger partial charge on any atom is 0.323 e. The lowest BCUT2D eigenvalue weighted by Gasteiger charge is -2.20. The molecule has 0 aliphatic carbocycles. The molecule has 0 saturated heterocycles. The van der Waals surface area contributed by atoms with Gasteiger partial charge in [0.25, 0.3) is 0 Å².